The molecular weight excluding hydrogens is 371 g/mol. The summed E-state index contributed by atoms with van der Waals surface area (Å²) < 4.78 is 0. The number of halogens is 2. The maximum atomic E-state index is 2.20. The molecule has 0 spiro atoms. The van der Waals surface area contributed by atoms with Gasteiger partial charge in [0.1, 0.15) is 0 Å². The average molecular weight is 380 g/mol. The quantitative estimate of drug-likeness (QED) is 0.425. The van der Waals surface area contributed by atoms with Crippen LogP contribution in [0.2, 0.25) is 0 Å². The molecule has 0 aromatic heterocycles. The SMILES string of the molecule is Cc1cc2ccccc2[cH-]1.[Br-].[Br-].[Zr+3]. The maximum absolute atomic E-state index is 2.20. The van der Waals surface area contributed by atoms with Crippen molar-refractivity contribution in [3.8, 4) is 0 Å². The molecule has 0 aliphatic carbocycles. The molecule has 0 aliphatic rings. The molecule has 0 bridgehead atoms. The largest absolute Gasteiger partial charge is 3.00 e. The van der Waals surface area contributed by atoms with E-state index in [0.29, 0.717) is 0 Å². The molecule has 0 heterocycles. The first-order valence-corrected chi connectivity index (χ1v) is 3.48. The Morgan fingerprint density at radius 2 is 1.69 bits per heavy atom. The second kappa shape index (κ2) is 7.03. The second-order valence-corrected chi connectivity index (χ2v) is 2.66. The van der Waals surface area contributed by atoms with Gasteiger partial charge in [-0.05, 0) is 0 Å². The van der Waals surface area contributed by atoms with Gasteiger partial charge in [0, 0.05) is 0 Å². The van der Waals surface area contributed by atoms with Crippen molar-refractivity contribution in [1.29, 1.82) is 0 Å². The van der Waals surface area contributed by atoms with E-state index in [9.17, 15) is 0 Å². The third-order valence-electron chi connectivity index (χ3n) is 1.76. The summed E-state index contributed by atoms with van der Waals surface area (Å²) in [5, 5.41) is 2.69. The molecule has 3 heteroatoms. The number of aryl methyl sites for hydroxylation is 1. The summed E-state index contributed by atoms with van der Waals surface area (Å²) >= 11 is 0. The Hall–Kier alpha value is 0.673. The number of rotatable bonds is 0. The van der Waals surface area contributed by atoms with Crippen LogP contribution in [0.5, 0.6) is 0 Å². The van der Waals surface area contributed by atoms with E-state index in [0.717, 1.165) is 0 Å². The van der Waals surface area contributed by atoms with E-state index in [4.69, 9.17) is 0 Å². The van der Waals surface area contributed by atoms with Crippen LogP contribution in [0.25, 0.3) is 10.8 Å². The van der Waals surface area contributed by atoms with E-state index in [-0.39, 0.29) is 60.2 Å². The van der Waals surface area contributed by atoms with Crippen molar-refractivity contribution >= 4 is 10.8 Å². The van der Waals surface area contributed by atoms with Crippen molar-refractivity contribution in [2.75, 3.05) is 0 Å². The van der Waals surface area contributed by atoms with E-state index in [1.165, 1.54) is 16.3 Å². The van der Waals surface area contributed by atoms with Gasteiger partial charge in [0.05, 0.1) is 0 Å². The molecule has 0 amide bonds. The summed E-state index contributed by atoms with van der Waals surface area (Å²) in [6.45, 7) is 2.12. The van der Waals surface area contributed by atoms with Gasteiger partial charge in [0.2, 0.25) is 0 Å². The van der Waals surface area contributed by atoms with Crippen molar-refractivity contribution < 1.29 is 60.2 Å². The van der Waals surface area contributed by atoms with Gasteiger partial charge in [-0.3, -0.25) is 0 Å². The van der Waals surface area contributed by atoms with Gasteiger partial charge in [-0.2, -0.15) is 6.07 Å². The maximum Gasteiger partial charge on any atom is 3.00 e. The van der Waals surface area contributed by atoms with Crippen LogP contribution in [-0.2, 0) is 26.2 Å². The van der Waals surface area contributed by atoms with Crippen LogP contribution >= 0.6 is 0 Å². The van der Waals surface area contributed by atoms with Crippen molar-refractivity contribution in [1.82, 2.24) is 0 Å². The van der Waals surface area contributed by atoms with Crippen LogP contribution in [0, 0.1) is 6.92 Å². The molecule has 0 fully saturated rings. The predicted molar refractivity (Wildman–Crippen MR) is 44.3 cm³/mol. The standard InChI is InChI=1S/C10H9.2BrH.Zr/c1-8-6-9-4-2-3-5-10(9)7-8;;;/h2-7H,1H3;2*1H;/q-1;;;+3/p-2. The average Bonchev–Trinajstić information content (AvgIpc) is 2.27. The number of hydrogen-bond donors (Lipinski definition) is 0. The van der Waals surface area contributed by atoms with Crippen LogP contribution in [-0.4, -0.2) is 0 Å². The molecule has 0 atom stereocenters. The van der Waals surface area contributed by atoms with Crippen LogP contribution < -0.4 is 34.0 Å². The minimum atomic E-state index is 0. The van der Waals surface area contributed by atoms with Gasteiger partial charge in [-0.1, -0.05) is 13.0 Å². The van der Waals surface area contributed by atoms with Crippen LogP contribution in [0.1, 0.15) is 5.56 Å². The minimum Gasteiger partial charge on any atom is -1.00 e. The number of benzene rings is 1. The van der Waals surface area contributed by atoms with E-state index < -0.39 is 0 Å². The van der Waals surface area contributed by atoms with Gasteiger partial charge in [0.25, 0.3) is 0 Å². The van der Waals surface area contributed by atoms with Gasteiger partial charge in [-0.15, -0.1) is 40.6 Å². The van der Waals surface area contributed by atoms with Crippen molar-refractivity contribution in [2.45, 2.75) is 6.92 Å². The van der Waals surface area contributed by atoms with Crippen molar-refractivity contribution in [3.63, 3.8) is 0 Å². The van der Waals surface area contributed by atoms with Gasteiger partial charge in [0.15, 0.2) is 0 Å². The smallest absolute Gasteiger partial charge is 1.00 e. The van der Waals surface area contributed by atoms with Crippen LogP contribution in [0.4, 0.5) is 0 Å². The Morgan fingerprint density at radius 3 is 2.31 bits per heavy atom. The molecule has 2 aromatic carbocycles. The third-order valence-corrected chi connectivity index (χ3v) is 1.76. The van der Waals surface area contributed by atoms with Crippen molar-refractivity contribution in [3.05, 3.63) is 42.0 Å². The molecule has 13 heavy (non-hydrogen) atoms. The Labute approximate surface area is 119 Å². The van der Waals surface area contributed by atoms with E-state index >= 15 is 0 Å². The molecule has 0 saturated heterocycles. The molecule has 0 N–H and O–H groups in total. The first-order chi connectivity index (χ1) is 4.86. The zero-order chi connectivity index (χ0) is 6.97. The molecular formula is C10H9Br2Zr. The summed E-state index contributed by atoms with van der Waals surface area (Å²) in [5.74, 6) is 0. The topological polar surface area (TPSA) is 0 Å². The van der Waals surface area contributed by atoms with E-state index in [1.807, 2.05) is 0 Å². The Morgan fingerprint density at radius 1 is 1.08 bits per heavy atom. The fourth-order valence-electron chi connectivity index (χ4n) is 1.31. The third kappa shape index (κ3) is 3.73. The molecule has 67 valence electrons. The number of hydrogen-bond acceptors (Lipinski definition) is 0. The van der Waals surface area contributed by atoms with Gasteiger partial charge < -0.3 is 34.0 Å². The van der Waals surface area contributed by atoms with Crippen LogP contribution in [0.3, 0.4) is 0 Å². The van der Waals surface area contributed by atoms with Crippen LogP contribution in [0.15, 0.2) is 36.4 Å². The normalized spacial score (nSPS) is 8.08. The number of fused-ring (bicyclic) bond motifs is 1. The summed E-state index contributed by atoms with van der Waals surface area (Å²) in [4.78, 5) is 0. The summed E-state index contributed by atoms with van der Waals surface area (Å²) in [5.41, 5.74) is 1.35. The van der Waals surface area contributed by atoms with Gasteiger partial charge in [-0.25, -0.2) is 0 Å². The molecule has 1 radical (unpaired) electrons. The Bertz CT molecular complexity index is 321. The van der Waals surface area contributed by atoms with E-state index in [1.54, 1.807) is 0 Å². The zero-order valence-electron chi connectivity index (χ0n) is 7.22. The summed E-state index contributed by atoms with van der Waals surface area (Å²) in [7, 11) is 0. The first-order valence-electron chi connectivity index (χ1n) is 3.48. The molecule has 0 saturated carbocycles. The zero-order valence-corrected chi connectivity index (χ0v) is 12.9. The fraction of sp³-hybridized carbons (Fsp3) is 0.100. The molecule has 0 unspecified atom stereocenters. The van der Waals surface area contributed by atoms with Crippen molar-refractivity contribution in [2.24, 2.45) is 0 Å². The molecule has 2 rings (SSSR count). The molecule has 0 nitrogen and oxygen atoms in total. The minimum absolute atomic E-state index is 0. The summed E-state index contributed by atoms with van der Waals surface area (Å²) in [6, 6.07) is 12.8. The second-order valence-electron chi connectivity index (χ2n) is 2.66. The van der Waals surface area contributed by atoms with Gasteiger partial charge >= 0.3 is 26.2 Å². The predicted octanol–water partition coefficient (Wildman–Crippen LogP) is -3.13. The first kappa shape index (κ1) is 16.1. The molecule has 0 aliphatic heterocycles. The summed E-state index contributed by atoms with van der Waals surface area (Å²) in [6.07, 6.45) is 0. The monoisotopic (exact) mass is 377 g/mol. The Kier molecular flexibility index (Phi) is 8.71. The molecule has 2 aromatic rings. The Balaban J connectivity index is 0. The fourth-order valence-corrected chi connectivity index (χ4v) is 1.31. The van der Waals surface area contributed by atoms with E-state index in [2.05, 4.69) is 43.3 Å².